The maximum atomic E-state index is 11.6. The van der Waals surface area contributed by atoms with Crippen molar-refractivity contribution in [2.45, 2.75) is 6.54 Å². The number of nitrogens with one attached hydrogen (secondary N) is 2. The van der Waals surface area contributed by atoms with E-state index in [1.165, 1.54) is 12.4 Å². The highest BCUT2D eigenvalue weighted by molar-refractivity contribution is 6.31. The van der Waals surface area contributed by atoms with Gasteiger partial charge in [0, 0.05) is 18.9 Å². The minimum absolute atomic E-state index is 0.102. The number of benzene rings is 1. The molecule has 0 aliphatic carbocycles. The lowest BCUT2D eigenvalue weighted by molar-refractivity contribution is -0.119. The van der Waals surface area contributed by atoms with Gasteiger partial charge < -0.3 is 10.6 Å². The molecule has 1 amide bonds. The van der Waals surface area contributed by atoms with E-state index in [0.717, 1.165) is 5.56 Å². The fourth-order valence-corrected chi connectivity index (χ4v) is 1.63. The first-order valence-corrected chi connectivity index (χ1v) is 6.14. The number of carbonyl (C=O) groups is 1. The highest BCUT2D eigenvalue weighted by atomic mass is 35.5. The average molecular weight is 277 g/mol. The molecule has 2 aromatic rings. The zero-order valence-electron chi connectivity index (χ0n) is 10.1. The van der Waals surface area contributed by atoms with Gasteiger partial charge in [0.25, 0.3) is 0 Å². The van der Waals surface area contributed by atoms with Crippen LogP contribution in [0.4, 0.5) is 5.82 Å². The SMILES string of the molecule is O=C(CNc1nccnc1Cl)NCc1ccccc1. The Morgan fingerprint density at radius 1 is 1.16 bits per heavy atom. The highest BCUT2D eigenvalue weighted by Crippen LogP contribution is 2.13. The van der Waals surface area contributed by atoms with Crippen molar-refractivity contribution >= 4 is 23.3 Å². The third kappa shape index (κ3) is 4.22. The van der Waals surface area contributed by atoms with Crippen molar-refractivity contribution in [1.82, 2.24) is 15.3 Å². The second-order valence-corrected chi connectivity index (χ2v) is 4.17. The maximum absolute atomic E-state index is 11.6. The Kier molecular flexibility index (Phi) is 4.69. The summed E-state index contributed by atoms with van der Waals surface area (Å²) in [6.07, 6.45) is 3.00. The van der Waals surface area contributed by atoms with E-state index >= 15 is 0 Å². The Hall–Kier alpha value is -2.14. The van der Waals surface area contributed by atoms with Gasteiger partial charge in [0.2, 0.25) is 5.91 Å². The lowest BCUT2D eigenvalue weighted by Crippen LogP contribution is -2.29. The second kappa shape index (κ2) is 6.70. The van der Waals surface area contributed by atoms with Crippen LogP contribution in [0.25, 0.3) is 0 Å². The first-order chi connectivity index (χ1) is 9.25. The molecule has 1 aromatic heterocycles. The Balaban J connectivity index is 1.78. The molecule has 5 nitrogen and oxygen atoms in total. The van der Waals surface area contributed by atoms with E-state index in [9.17, 15) is 4.79 Å². The highest BCUT2D eigenvalue weighted by Gasteiger charge is 2.05. The monoisotopic (exact) mass is 276 g/mol. The number of aromatic nitrogens is 2. The zero-order chi connectivity index (χ0) is 13.5. The van der Waals surface area contributed by atoms with Gasteiger partial charge in [-0.1, -0.05) is 41.9 Å². The quantitative estimate of drug-likeness (QED) is 0.875. The van der Waals surface area contributed by atoms with Crippen LogP contribution in [-0.2, 0) is 11.3 Å². The van der Waals surface area contributed by atoms with Crippen LogP contribution in [0.2, 0.25) is 5.15 Å². The Morgan fingerprint density at radius 3 is 2.63 bits per heavy atom. The molecule has 0 saturated heterocycles. The van der Waals surface area contributed by atoms with Crippen molar-refractivity contribution in [3.05, 3.63) is 53.4 Å². The summed E-state index contributed by atoms with van der Waals surface area (Å²) < 4.78 is 0. The Bertz CT molecular complexity index is 547. The molecular formula is C13H13ClN4O. The predicted octanol–water partition coefficient (Wildman–Crippen LogP) is 1.86. The molecule has 0 atom stereocenters. The molecule has 0 aliphatic heterocycles. The van der Waals surface area contributed by atoms with E-state index in [0.29, 0.717) is 12.4 Å². The van der Waals surface area contributed by atoms with Crippen LogP contribution in [0, 0.1) is 0 Å². The fraction of sp³-hybridized carbons (Fsp3) is 0.154. The van der Waals surface area contributed by atoms with E-state index in [2.05, 4.69) is 20.6 Å². The normalized spacial score (nSPS) is 9.95. The molecule has 2 N–H and O–H groups in total. The van der Waals surface area contributed by atoms with Crippen LogP contribution >= 0.6 is 11.6 Å². The number of hydrogen-bond donors (Lipinski definition) is 2. The lowest BCUT2D eigenvalue weighted by atomic mass is 10.2. The lowest BCUT2D eigenvalue weighted by Gasteiger charge is -2.07. The van der Waals surface area contributed by atoms with Gasteiger partial charge in [-0.05, 0) is 5.56 Å². The van der Waals surface area contributed by atoms with Crippen molar-refractivity contribution in [2.75, 3.05) is 11.9 Å². The van der Waals surface area contributed by atoms with Crippen molar-refractivity contribution < 1.29 is 4.79 Å². The number of anilines is 1. The van der Waals surface area contributed by atoms with Gasteiger partial charge >= 0.3 is 0 Å². The molecule has 0 aliphatic rings. The molecule has 0 spiro atoms. The largest absolute Gasteiger partial charge is 0.358 e. The van der Waals surface area contributed by atoms with Gasteiger partial charge in [0.05, 0.1) is 6.54 Å². The second-order valence-electron chi connectivity index (χ2n) is 3.81. The van der Waals surface area contributed by atoms with Gasteiger partial charge in [-0.25, -0.2) is 9.97 Å². The zero-order valence-corrected chi connectivity index (χ0v) is 10.9. The van der Waals surface area contributed by atoms with Gasteiger partial charge in [-0.15, -0.1) is 0 Å². The van der Waals surface area contributed by atoms with E-state index in [1.54, 1.807) is 0 Å². The number of halogens is 1. The van der Waals surface area contributed by atoms with Crippen LogP contribution < -0.4 is 10.6 Å². The van der Waals surface area contributed by atoms with Crippen LogP contribution in [0.15, 0.2) is 42.7 Å². The molecule has 1 aromatic carbocycles. The summed E-state index contributed by atoms with van der Waals surface area (Å²) in [7, 11) is 0. The standard InChI is InChI=1S/C13H13ClN4O/c14-12-13(16-7-6-15-12)18-9-11(19)17-8-10-4-2-1-3-5-10/h1-7H,8-9H2,(H,16,18)(H,17,19). The molecular weight excluding hydrogens is 264 g/mol. The molecule has 0 unspecified atom stereocenters. The summed E-state index contributed by atoms with van der Waals surface area (Å²) >= 11 is 5.81. The molecule has 1 heterocycles. The van der Waals surface area contributed by atoms with Crippen molar-refractivity contribution in [3.63, 3.8) is 0 Å². The van der Waals surface area contributed by atoms with Crippen molar-refractivity contribution in [1.29, 1.82) is 0 Å². The first kappa shape index (κ1) is 13.3. The third-order valence-electron chi connectivity index (χ3n) is 2.40. The van der Waals surface area contributed by atoms with Crippen LogP contribution in [0.5, 0.6) is 0 Å². The Labute approximate surface area is 116 Å². The van der Waals surface area contributed by atoms with Gasteiger partial charge in [0.1, 0.15) is 0 Å². The number of carbonyl (C=O) groups excluding carboxylic acids is 1. The minimum Gasteiger partial charge on any atom is -0.358 e. The smallest absolute Gasteiger partial charge is 0.239 e. The number of rotatable bonds is 5. The topological polar surface area (TPSA) is 66.9 Å². The third-order valence-corrected chi connectivity index (χ3v) is 2.68. The Morgan fingerprint density at radius 2 is 1.89 bits per heavy atom. The predicted molar refractivity (Wildman–Crippen MR) is 73.8 cm³/mol. The summed E-state index contributed by atoms with van der Waals surface area (Å²) in [5.41, 5.74) is 1.05. The minimum atomic E-state index is -0.134. The van der Waals surface area contributed by atoms with E-state index in [1.807, 2.05) is 30.3 Å². The molecule has 0 bridgehead atoms. The first-order valence-electron chi connectivity index (χ1n) is 5.76. The summed E-state index contributed by atoms with van der Waals surface area (Å²) in [6.45, 7) is 0.598. The molecule has 2 rings (SSSR count). The maximum Gasteiger partial charge on any atom is 0.239 e. The van der Waals surface area contributed by atoms with Gasteiger partial charge in [-0.3, -0.25) is 4.79 Å². The molecule has 0 fully saturated rings. The number of hydrogen-bond acceptors (Lipinski definition) is 4. The van der Waals surface area contributed by atoms with Crippen LogP contribution in [0.1, 0.15) is 5.56 Å². The van der Waals surface area contributed by atoms with Crippen LogP contribution in [-0.4, -0.2) is 22.4 Å². The van der Waals surface area contributed by atoms with Crippen molar-refractivity contribution in [3.8, 4) is 0 Å². The number of nitrogens with zero attached hydrogens (tertiary/aromatic N) is 2. The van der Waals surface area contributed by atoms with E-state index in [4.69, 9.17) is 11.6 Å². The summed E-state index contributed by atoms with van der Waals surface area (Å²) in [5.74, 6) is 0.268. The molecule has 6 heteroatoms. The summed E-state index contributed by atoms with van der Waals surface area (Å²) in [6, 6.07) is 9.70. The average Bonchev–Trinajstić information content (AvgIpc) is 2.45. The van der Waals surface area contributed by atoms with Gasteiger partial charge in [0.15, 0.2) is 11.0 Å². The summed E-state index contributed by atoms with van der Waals surface area (Å²) in [4.78, 5) is 19.5. The molecule has 19 heavy (non-hydrogen) atoms. The fourth-order valence-electron chi connectivity index (χ4n) is 1.46. The van der Waals surface area contributed by atoms with E-state index in [-0.39, 0.29) is 17.6 Å². The van der Waals surface area contributed by atoms with Crippen LogP contribution in [0.3, 0.4) is 0 Å². The van der Waals surface area contributed by atoms with Crippen molar-refractivity contribution in [2.24, 2.45) is 0 Å². The number of amides is 1. The van der Waals surface area contributed by atoms with E-state index < -0.39 is 0 Å². The molecule has 0 radical (unpaired) electrons. The molecule has 98 valence electrons. The molecule has 0 saturated carbocycles. The van der Waals surface area contributed by atoms with Gasteiger partial charge in [-0.2, -0.15) is 0 Å². The summed E-state index contributed by atoms with van der Waals surface area (Å²) in [5, 5.41) is 5.88.